The van der Waals surface area contributed by atoms with Crippen LogP contribution in [0.3, 0.4) is 0 Å². The summed E-state index contributed by atoms with van der Waals surface area (Å²) >= 11 is 8.25. The molecule has 14 heavy (non-hydrogen) atoms. The van der Waals surface area contributed by atoms with Gasteiger partial charge in [0, 0.05) is 9.17 Å². The average molecular weight is 336 g/mol. The average Bonchev–Trinajstić information content (AvgIpc) is 2.42. The molecule has 2 N–H and O–H groups in total. The first-order valence-corrected chi connectivity index (χ1v) is 6.23. The van der Waals surface area contributed by atoms with Crippen molar-refractivity contribution in [3.63, 3.8) is 0 Å². The quantitative estimate of drug-likeness (QED) is 0.784. The summed E-state index contributed by atoms with van der Waals surface area (Å²) < 4.78 is 2.78. The molecule has 0 aliphatic heterocycles. The molecule has 2 rings (SSSR count). The van der Waals surface area contributed by atoms with Crippen molar-refractivity contribution >= 4 is 65.9 Å². The Balaban J connectivity index is 2.70. The highest BCUT2D eigenvalue weighted by Crippen LogP contribution is 2.30. The van der Waals surface area contributed by atoms with E-state index in [1.54, 1.807) is 17.4 Å². The van der Waals surface area contributed by atoms with Crippen LogP contribution in [0, 0.1) is 0 Å². The molecule has 0 aliphatic carbocycles. The molecule has 72 valence electrons. The maximum atomic E-state index is 9.09. The van der Waals surface area contributed by atoms with Gasteiger partial charge in [0.25, 0.3) is 0 Å². The summed E-state index contributed by atoms with van der Waals surface area (Å²) in [4.78, 5) is 0. The van der Waals surface area contributed by atoms with Gasteiger partial charge in [-0.1, -0.05) is 15.9 Å². The van der Waals surface area contributed by atoms with E-state index in [9.17, 15) is 0 Å². The summed E-state index contributed by atoms with van der Waals surface area (Å²) in [6.45, 7) is 0. The van der Waals surface area contributed by atoms with Crippen LogP contribution in [0.15, 0.2) is 26.5 Å². The fourth-order valence-electron chi connectivity index (χ4n) is 1.24. The second-order valence-corrected chi connectivity index (χ2v) is 6.15. The van der Waals surface area contributed by atoms with Gasteiger partial charge in [0.05, 0.1) is 3.79 Å². The van der Waals surface area contributed by atoms with E-state index in [4.69, 9.17) is 10.0 Å². The molecule has 0 fully saturated rings. The molecule has 2 aromatic rings. The van der Waals surface area contributed by atoms with Crippen LogP contribution < -0.4 is 5.46 Å². The van der Waals surface area contributed by atoms with Gasteiger partial charge in [0.15, 0.2) is 0 Å². The highest BCUT2D eigenvalue weighted by molar-refractivity contribution is 9.11. The molecule has 0 saturated carbocycles. The largest absolute Gasteiger partial charge is 0.489 e. The van der Waals surface area contributed by atoms with Crippen LogP contribution in [0.25, 0.3) is 10.1 Å². The van der Waals surface area contributed by atoms with E-state index in [2.05, 4.69) is 31.9 Å². The molecule has 0 aliphatic rings. The third kappa shape index (κ3) is 1.90. The highest BCUT2D eigenvalue weighted by atomic mass is 79.9. The Kier molecular flexibility index (Phi) is 2.99. The molecule has 0 spiro atoms. The van der Waals surface area contributed by atoms with E-state index in [1.807, 2.05) is 12.1 Å². The van der Waals surface area contributed by atoms with E-state index in [0.29, 0.717) is 9.94 Å². The number of fused-ring (bicyclic) bond motifs is 1. The summed E-state index contributed by atoms with van der Waals surface area (Å²) in [5.74, 6) is 0. The molecule has 0 bridgehead atoms. The molecule has 0 saturated heterocycles. The second kappa shape index (κ2) is 3.94. The molecular weight excluding hydrogens is 331 g/mol. The minimum Gasteiger partial charge on any atom is -0.423 e. The molecule has 0 atom stereocenters. The molecule has 6 heteroatoms. The van der Waals surface area contributed by atoms with E-state index in [1.165, 1.54) is 0 Å². The third-order valence-corrected chi connectivity index (χ3v) is 4.17. The minimum atomic E-state index is -1.44. The summed E-state index contributed by atoms with van der Waals surface area (Å²) in [6, 6.07) is 5.66. The van der Waals surface area contributed by atoms with Crippen molar-refractivity contribution < 1.29 is 10.0 Å². The van der Waals surface area contributed by atoms with Crippen LogP contribution in [0.4, 0.5) is 0 Å². The number of benzene rings is 1. The van der Waals surface area contributed by atoms with E-state index < -0.39 is 7.12 Å². The zero-order valence-corrected chi connectivity index (χ0v) is 10.9. The van der Waals surface area contributed by atoms with Gasteiger partial charge in [-0.25, -0.2) is 0 Å². The Bertz CT molecular complexity index is 483. The van der Waals surface area contributed by atoms with Gasteiger partial charge in [-0.2, -0.15) is 0 Å². The number of hydrogen-bond acceptors (Lipinski definition) is 3. The third-order valence-electron chi connectivity index (χ3n) is 1.88. The number of halogens is 2. The van der Waals surface area contributed by atoms with Crippen molar-refractivity contribution in [3.8, 4) is 0 Å². The lowest BCUT2D eigenvalue weighted by molar-refractivity contribution is 0.425. The molecule has 1 heterocycles. The van der Waals surface area contributed by atoms with Crippen molar-refractivity contribution in [2.75, 3.05) is 0 Å². The Morgan fingerprint density at radius 2 is 1.86 bits per heavy atom. The maximum absolute atomic E-state index is 9.09. The van der Waals surface area contributed by atoms with E-state index in [0.717, 1.165) is 13.9 Å². The van der Waals surface area contributed by atoms with Crippen LogP contribution in [0.1, 0.15) is 0 Å². The number of thiophene rings is 1. The van der Waals surface area contributed by atoms with E-state index in [-0.39, 0.29) is 0 Å². The number of rotatable bonds is 1. The van der Waals surface area contributed by atoms with Gasteiger partial charge in [-0.05, 0) is 45.0 Å². The van der Waals surface area contributed by atoms with Gasteiger partial charge < -0.3 is 10.0 Å². The number of hydrogen-bond donors (Lipinski definition) is 2. The molecule has 0 amide bonds. The van der Waals surface area contributed by atoms with Crippen molar-refractivity contribution in [3.05, 3.63) is 26.5 Å². The maximum Gasteiger partial charge on any atom is 0.489 e. The first-order chi connectivity index (χ1) is 6.58. The lowest BCUT2D eigenvalue weighted by Gasteiger charge is -2.02. The Hall–Kier alpha value is 0.125. The predicted molar refractivity (Wildman–Crippen MR) is 67.1 cm³/mol. The Morgan fingerprint density at radius 1 is 1.14 bits per heavy atom. The van der Waals surface area contributed by atoms with Crippen molar-refractivity contribution in [2.45, 2.75) is 0 Å². The van der Waals surface area contributed by atoms with Crippen LogP contribution in [-0.4, -0.2) is 17.2 Å². The molecular formula is C8H5BBr2O2S. The minimum absolute atomic E-state index is 0.492. The summed E-state index contributed by atoms with van der Waals surface area (Å²) in [5, 5.41) is 19.3. The summed E-state index contributed by atoms with van der Waals surface area (Å²) in [6.07, 6.45) is 0. The highest BCUT2D eigenvalue weighted by Gasteiger charge is 2.16. The van der Waals surface area contributed by atoms with E-state index >= 15 is 0 Å². The van der Waals surface area contributed by atoms with Gasteiger partial charge >= 0.3 is 7.12 Å². The van der Waals surface area contributed by atoms with Gasteiger partial charge in [-0.15, -0.1) is 11.3 Å². The Labute approximate surface area is 102 Å². The SMILES string of the molecule is OB(O)c1cc2sc(Br)cc2cc1Br. The second-order valence-electron chi connectivity index (χ2n) is 2.84. The Morgan fingerprint density at radius 3 is 2.50 bits per heavy atom. The van der Waals surface area contributed by atoms with Crippen LogP contribution in [-0.2, 0) is 0 Å². The molecule has 2 nitrogen and oxygen atoms in total. The lowest BCUT2D eigenvalue weighted by atomic mass is 9.80. The fraction of sp³-hybridized carbons (Fsp3) is 0. The molecule has 0 radical (unpaired) electrons. The topological polar surface area (TPSA) is 40.5 Å². The molecule has 1 aromatic carbocycles. The monoisotopic (exact) mass is 334 g/mol. The fourth-order valence-corrected chi connectivity index (χ4v) is 3.39. The smallest absolute Gasteiger partial charge is 0.423 e. The first kappa shape index (κ1) is 10.6. The van der Waals surface area contributed by atoms with Crippen molar-refractivity contribution in [1.29, 1.82) is 0 Å². The van der Waals surface area contributed by atoms with Crippen molar-refractivity contribution in [1.82, 2.24) is 0 Å². The van der Waals surface area contributed by atoms with Crippen LogP contribution >= 0.6 is 43.2 Å². The van der Waals surface area contributed by atoms with Crippen LogP contribution in [0.2, 0.25) is 0 Å². The summed E-state index contributed by atoms with van der Waals surface area (Å²) in [5.41, 5.74) is 0.492. The standard InChI is InChI=1S/C8H5BBr2O2S/c10-6-1-4-2-8(11)14-7(4)3-5(6)9(12)13/h1-3,12-13H. The zero-order chi connectivity index (χ0) is 10.3. The van der Waals surface area contributed by atoms with Gasteiger partial charge in [0.2, 0.25) is 0 Å². The first-order valence-electron chi connectivity index (χ1n) is 3.82. The summed E-state index contributed by atoms with van der Waals surface area (Å²) in [7, 11) is -1.44. The predicted octanol–water partition coefficient (Wildman–Crippen LogP) is 2.11. The zero-order valence-electron chi connectivity index (χ0n) is 6.87. The lowest BCUT2D eigenvalue weighted by Crippen LogP contribution is -2.30. The normalized spacial score (nSPS) is 10.9. The van der Waals surface area contributed by atoms with Crippen molar-refractivity contribution in [2.24, 2.45) is 0 Å². The van der Waals surface area contributed by atoms with Crippen LogP contribution in [0.5, 0.6) is 0 Å². The molecule has 0 unspecified atom stereocenters. The van der Waals surface area contributed by atoms with Gasteiger partial charge in [-0.3, -0.25) is 0 Å². The molecule has 1 aromatic heterocycles. The van der Waals surface area contributed by atoms with Gasteiger partial charge in [0.1, 0.15) is 0 Å².